The molecular formula is C22H26N4O. The molecule has 3 aromatic rings. The fourth-order valence-corrected chi connectivity index (χ4v) is 4.00. The Morgan fingerprint density at radius 1 is 1.11 bits per heavy atom. The molecule has 0 bridgehead atoms. The number of nitrogens with zero attached hydrogens (tertiary/aromatic N) is 4. The molecule has 0 saturated carbocycles. The highest BCUT2D eigenvalue weighted by Crippen LogP contribution is 2.28. The van der Waals surface area contributed by atoms with E-state index in [4.69, 9.17) is 0 Å². The summed E-state index contributed by atoms with van der Waals surface area (Å²) in [5.41, 5.74) is 3.40. The average Bonchev–Trinajstić information content (AvgIpc) is 2.92. The summed E-state index contributed by atoms with van der Waals surface area (Å²) < 4.78 is 2.08. The van der Waals surface area contributed by atoms with Crippen LogP contribution in [-0.2, 0) is 18.3 Å². The molecule has 1 aromatic carbocycles. The monoisotopic (exact) mass is 362 g/mol. The highest BCUT2D eigenvalue weighted by molar-refractivity contribution is 5.88. The fraction of sp³-hybridized carbons (Fsp3) is 0.409. The lowest BCUT2D eigenvalue weighted by Crippen LogP contribution is -2.54. The van der Waals surface area contributed by atoms with Crippen molar-refractivity contribution in [3.05, 3.63) is 48.2 Å². The summed E-state index contributed by atoms with van der Waals surface area (Å²) in [7, 11) is 2.02. The van der Waals surface area contributed by atoms with Crippen LogP contribution in [0.2, 0.25) is 0 Å². The molecule has 1 aliphatic rings. The molecule has 0 atom stereocenters. The minimum absolute atomic E-state index is 0.232. The van der Waals surface area contributed by atoms with Crippen LogP contribution in [0.4, 0.5) is 0 Å². The predicted octanol–water partition coefficient (Wildman–Crippen LogP) is 3.40. The lowest BCUT2D eigenvalue weighted by atomic mass is 9.84. The maximum Gasteiger partial charge on any atom is 0.152 e. The summed E-state index contributed by atoms with van der Waals surface area (Å²) in [5.74, 6) is 1.22. The molecule has 1 aliphatic heterocycles. The van der Waals surface area contributed by atoms with Gasteiger partial charge in [-0.1, -0.05) is 26.0 Å². The number of carbonyl (C=O) groups is 1. The van der Waals surface area contributed by atoms with Gasteiger partial charge in [-0.3, -0.25) is 14.7 Å². The predicted molar refractivity (Wildman–Crippen MR) is 108 cm³/mol. The Balaban J connectivity index is 1.52. The highest BCUT2D eigenvalue weighted by atomic mass is 16.1. The van der Waals surface area contributed by atoms with Crippen LogP contribution in [0.15, 0.2) is 36.7 Å². The topological polar surface area (TPSA) is 51.0 Å². The zero-order chi connectivity index (χ0) is 19.2. The number of ketones is 1. The van der Waals surface area contributed by atoms with Crippen LogP contribution in [-0.4, -0.2) is 44.9 Å². The molecule has 27 heavy (non-hydrogen) atoms. The molecule has 0 spiro atoms. The number of carbonyl (C=O) groups excluding carboxylic acids is 1. The van der Waals surface area contributed by atoms with Gasteiger partial charge in [-0.25, -0.2) is 4.98 Å². The van der Waals surface area contributed by atoms with Crippen LogP contribution in [0.1, 0.15) is 25.4 Å². The number of fused-ring (bicyclic) bond motifs is 1. The maximum absolute atomic E-state index is 12.4. The van der Waals surface area contributed by atoms with Crippen molar-refractivity contribution in [1.29, 1.82) is 0 Å². The number of aryl methyl sites for hydroxylation is 1. The largest absolute Gasteiger partial charge is 0.331 e. The molecule has 0 aliphatic carbocycles. The van der Waals surface area contributed by atoms with E-state index in [0.29, 0.717) is 18.4 Å². The molecule has 1 fully saturated rings. The van der Waals surface area contributed by atoms with Gasteiger partial charge >= 0.3 is 0 Å². The molecule has 140 valence electrons. The number of rotatable bonds is 5. The molecule has 2 aromatic heterocycles. The quantitative estimate of drug-likeness (QED) is 0.698. The van der Waals surface area contributed by atoms with Gasteiger partial charge in [0.2, 0.25) is 0 Å². The normalized spacial score (nSPS) is 16.4. The second-order valence-corrected chi connectivity index (χ2v) is 8.51. The van der Waals surface area contributed by atoms with Gasteiger partial charge in [0.15, 0.2) is 5.78 Å². The number of benzene rings is 1. The van der Waals surface area contributed by atoms with E-state index in [0.717, 1.165) is 46.6 Å². The van der Waals surface area contributed by atoms with Crippen molar-refractivity contribution >= 4 is 16.6 Å². The van der Waals surface area contributed by atoms with Crippen LogP contribution < -0.4 is 0 Å². The Labute approximate surface area is 160 Å². The van der Waals surface area contributed by atoms with E-state index in [9.17, 15) is 4.79 Å². The molecule has 4 rings (SSSR count). The van der Waals surface area contributed by atoms with Gasteiger partial charge in [-0.2, -0.15) is 0 Å². The number of imidazole rings is 1. The average molecular weight is 362 g/mol. The molecule has 3 heterocycles. The summed E-state index contributed by atoms with van der Waals surface area (Å²) in [4.78, 5) is 23.5. The van der Waals surface area contributed by atoms with E-state index >= 15 is 0 Å². The van der Waals surface area contributed by atoms with E-state index in [-0.39, 0.29) is 5.78 Å². The van der Waals surface area contributed by atoms with Crippen LogP contribution in [0.25, 0.3) is 22.0 Å². The van der Waals surface area contributed by atoms with Crippen molar-refractivity contribution < 1.29 is 4.79 Å². The second-order valence-electron chi connectivity index (χ2n) is 8.51. The molecule has 0 amide bonds. The van der Waals surface area contributed by atoms with Crippen LogP contribution in [0, 0.1) is 12.3 Å². The minimum Gasteiger partial charge on any atom is -0.331 e. The first-order valence-corrected chi connectivity index (χ1v) is 9.42. The first-order chi connectivity index (χ1) is 12.8. The SMILES string of the molecule is Cc1ncc(-c2ccc3cnc(CC(=O)CN4CC(C)(C)C4)cc3c2)n1C. The Hall–Kier alpha value is -2.53. The van der Waals surface area contributed by atoms with Crippen molar-refractivity contribution in [3.8, 4) is 11.3 Å². The molecule has 5 heteroatoms. The Morgan fingerprint density at radius 3 is 2.56 bits per heavy atom. The lowest BCUT2D eigenvalue weighted by Gasteiger charge is -2.45. The van der Waals surface area contributed by atoms with E-state index in [1.54, 1.807) is 0 Å². The molecule has 0 unspecified atom stereocenters. The summed E-state index contributed by atoms with van der Waals surface area (Å²) in [6.07, 6.45) is 4.15. The van der Waals surface area contributed by atoms with Crippen molar-refractivity contribution in [1.82, 2.24) is 19.4 Å². The van der Waals surface area contributed by atoms with Crippen LogP contribution in [0.3, 0.4) is 0 Å². The van der Waals surface area contributed by atoms with Crippen molar-refractivity contribution in [2.75, 3.05) is 19.6 Å². The number of likely N-dealkylation sites (tertiary alicyclic amines) is 1. The summed E-state index contributed by atoms with van der Waals surface area (Å²) in [6, 6.07) is 8.37. The standard InChI is InChI=1S/C22H26N4O/c1-15-23-11-21(25(15)4)16-5-6-17-10-24-19(8-18(17)7-16)9-20(27)12-26-13-22(2,3)14-26/h5-8,10-11H,9,12-14H2,1-4H3. The van der Waals surface area contributed by atoms with Gasteiger partial charge in [-0.15, -0.1) is 0 Å². The molecule has 0 N–H and O–H groups in total. The van der Waals surface area contributed by atoms with Gasteiger partial charge in [0, 0.05) is 43.0 Å². The Bertz CT molecular complexity index is 1010. The van der Waals surface area contributed by atoms with Crippen LogP contribution in [0.5, 0.6) is 0 Å². The number of pyridine rings is 1. The third-order valence-electron chi connectivity index (χ3n) is 5.38. The summed E-state index contributed by atoms with van der Waals surface area (Å²) in [6.45, 7) is 8.99. The maximum atomic E-state index is 12.4. The van der Waals surface area contributed by atoms with Crippen molar-refractivity contribution in [2.24, 2.45) is 12.5 Å². The summed E-state index contributed by atoms with van der Waals surface area (Å²) >= 11 is 0. The minimum atomic E-state index is 0.232. The van der Waals surface area contributed by atoms with Gasteiger partial charge in [0.05, 0.1) is 24.9 Å². The van der Waals surface area contributed by atoms with E-state index in [1.807, 2.05) is 32.4 Å². The first-order valence-electron chi connectivity index (χ1n) is 9.42. The Morgan fingerprint density at radius 2 is 1.89 bits per heavy atom. The second kappa shape index (κ2) is 6.57. The van der Waals surface area contributed by atoms with Gasteiger partial charge in [0.1, 0.15) is 5.82 Å². The third-order valence-corrected chi connectivity index (χ3v) is 5.38. The van der Waals surface area contributed by atoms with E-state index in [2.05, 4.69) is 51.5 Å². The first kappa shape index (κ1) is 17.9. The Kier molecular flexibility index (Phi) is 4.35. The van der Waals surface area contributed by atoms with E-state index in [1.165, 1.54) is 0 Å². The van der Waals surface area contributed by atoms with Gasteiger partial charge < -0.3 is 4.57 Å². The fourth-order valence-electron chi connectivity index (χ4n) is 4.00. The molecule has 1 saturated heterocycles. The lowest BCUT2D eigenvalue weighted by molar-refractivity contribution is -0.122. The van der Waals surface area contributed by atoms with Crippen molar-refractivity contribution in [3.63, 3.8) is 0 Å². The van der Waals surface area contributed by atoms with E-state index < -0.39 is 0 Å². The number of aromatic nitrogens is 3. The highest BCUT2D eigenvalue weighted by Gasteiger charge is 2.34. The molecule has 0 radical (unpaired) electrons. The number of Topliss-reactive ketones (excluding diaryl/α,β-unsaturated/α-hetero) is 1. The van der Waals surface area contributed by atoms with Gasteiger partial charge in [0.25, 0.3) is 0 Å². The van der Waals surface area contributed by atoms with Crippen molar-refractivity contribution in [2.45, 2.75) is 27.2 Å². The van der Waals surface area contributed by atoms with Crippen LogP contribution >= 0.6 is 0 Å². The smallest absolute Gasteiger partial charge is 0.152 e. The number of hydrogen-bond acceptors (Lipinski definition) is 4. The molecule has 5 nitrogen and oxygen atoms in total. The third kappa shape index (κ3) is 3.65. The molecular weight excluding hydrogens is 336 g/mol. The zero-order valence-corrected chi connectivity index (χ0v) is 16.5. The van der Waals surface area contributed by atoms with Gasteiger partial charge in [-0.05, 0) is 29.9 Å². The number of hydrogen-bond donors (Lipinski definition) is 0. The zero-order valence-electron chi connectivity index (χ0n) is 16.5. The summed E-state index contributed by atoms with van der Waals surface area (Å²) in [5, 5.41) is 2.19.